The summed E-state index contributed by atoms with van der Waals surface area (Å²) >= 11 is 7.80. The van der Waals surface area contributed by atoms with E-state index in [4.69, 9.17) is 11.6 Å². The Kier molecular flexibility index (Phi) is 3.61. The molecule has 4 rings (SSSR count). The van der Waals surface area contributed by atoms with Crippen molar-refractivity contribution in [1.29, 1.82) is 5.26 Å². The molecule has 0 bridgehead atoms. The molecule has 0 aromatic heterocycles. The van der Waals surface area contributed by atoms with Crippen LogP contribution in [0, 0.1) is 11.3 Å². The molecule has 0 radical (unpaired) electrons. The summed E-state index contributed by atoms with van der Waals surface area (Å²) in [5.41, 5.74) is 2.96. The summed E-state index contributed by atoms with van der Waals surface area (Å²) in [6.07, 6.45) is 0. The second-order valence-electron chi connectivity index (χ2n) is 5.33. The highest BCUT2D eigenvalue weighted by Gasteiger charge is 2.26. The maximum absolute atomic E-state index is 10.4. The van der Waals surface area contributed by atoms with Crippen LogP contribution in [0.3, 0.4) is 0 Å². The van der Waals surface area contributed by atoms with E-state index in [1.54, 1.807) is 36.0 Å². The number of rotatable bonds is 1. The molecule has 1 N–H and O–H groups in total. The van der Waals surface area contributed by atoms with E-state index < -0.39 is 0 Å². The number of para-hydroxylation sites is 1. The minimum atomic E-state index is 0.134. The maximum atomic E-state index is 10.4. The van der Waals surface area contributed by atoms with E-state index in [1.807, 2.05) is 41.3 Å². The van der Waals surface area contributed by atoms with E-state index in [-0.39, 0.29) is 5.75 Å². The molecule has 3 nitrogen and oxygen atoms in total. The van der Waals surface area contributed by atoms with Crippen molar-refractivity contribution in [3.05, 3.63) is 71.2 Å². The average molecular weight is 351 g/mol. The SMILES string of the molecule is N#Cc1ccc2c(c1)N(c1cc(Cl)ccc1O)c1ccccc1S2. The second-order valence-corrected chi connectivity index (χ2v) is 6.85. The quantitative estimate of drug-likeness (QED) is 0.467. The van der Waals surface area contributed by atoms with Gasteiger partial charge in [-0.1, -0.05) is 35.5 Å². The Bertz CT molecular complexity index is 997. The second kappa shape index (κ2) is 5.79. The Labute approximate surface area is 148 Å². The molecule has 3 aromatic rings. The normalized spacial score (nSPS) is 12.2. The lowest BCUT2D eigenvalue weighted by Crippen LogP contribution is -2.15. The van der Waals surface area contributed by atoms with Gasteiger partial charge in [0.15, 0.2) is 0 Å². The lowest BCUT2D eigenvalue weighted by molar-refractivity contribution is 0.476. The number of fused-ring (bicyclic) bond motifs is 2. The van der Waals surface area contributed by atoms with E-state index in [0.717, 1.165) is 21.2 Å². The Morgan fingerprint density at radius 3 is 2.54 bits per heavy atom. The lowest BCUT2D eigenvalue weighted by Gasteiger charge is -2.33. The smallest absolute Gasteiger partial charge is 0.139 e. The lowest BCUT2D eigenvalue weighted by atomic mass is 10.1. The number of benzene rings is 3. The number of aromatic hydroxyl groups is 1. The molecule has 0 saturated carbocycles. The summed E-state index contributed by atoms with van der Waals surface area (Å²) in [4.78, 5) is 4.05. The van der Waals surface area contributed by atoms with Crippen molar-refractivity contribution in [2.45, 2.75) is 9.79 Å². The van der Waals surface area contributed by atoms with E-state index >= 15 is 0 Å². The third-order valence-electron chi connectivity index (χ3n) is 3.83. The predicted molar refractivity (Wildman–Crippen MR) is 96.6 cm³/mol. The number of halogens is 1. The van der Waals surface area contributed by atoms with E-state index in [0.29, 0.717) is 16.3 Å². The van der Waals surface area contributed by atoms with Crippen LogP contribution in [-0.2, 0) is 0 Å². The Hall–Kier alpha value is -2.61. The minimum Gasteiger partial charge on any atom is -0.506 e. The molecule has 0 unspecified atom stereocenters. The fraction of sp³-hybridized carbons (Fsp3) is 0. The molecule has 0 fully saturated rings. The van der Waals surface area contributed by atoms with Gasteiger partial charge in [-0.25, -0.2) is 0 Å². The van der Waals surface area contributed by atoms with Crippen molar-refractivity contribution < 1.29 is 5.11 Å². The summed E-state index contributed by atoms with van der Waals surface area (Å²) < 4.78 is 0. The van der Waals surface area contributed by atoms with Crippen molar-refractivity contribution in [1.82, 2.24) is 0 Å². The van der Waals surface area contributed by atoms with Gasteiger partial charge in [-0.15, -0.1) is 0 Å². The first-order chi connectivity index (χ1) is 11.7. The Morgan fingerprint density at radius 2 is 1.71 bits per heavy atom. The fourth-order valence-corrected chi connectivity index (χ4v) is 3.96. The molecule has 3 aromatic carbocycles. The van der Waals surface area contributed by atoms with E-state index in [2.05, 4.69) is 6.07 Å². The first kappa shape index (κ1) is 14.9. The van der Waals surface area contributed by atoms with Gasteiger partial charge in [-0.3, -0.25) is 0 Å². The minimum absolute atomic E-state index is 0.134. The Morgan fingerprint density at radius 1 is 0.917 bits per heavy atom. The zero-order chi connectivity index (χ0) is 16.7. The van der Waals surface area contributed by atoms with Crippen molar-refractivity contribution in [2.75, 3.05) is 4.90 Å². The van der Waals surface area contributed by atoms with Gasteiger partial charge < -0.3 is 10.0 Å². The zero-order valence-electron chi connectivity index (χ0n) is 12.4. The summed E-state index contributed by atoms with van der Waals surface area (Å²) in [5, 5.41) is 20.2. The number of hydrogen-bond acceptors (Lipinski definition) is 4. The molecule has 0 amide bonds. The van der Waals surface area contributed by atoms with Crippen LogP contribution in [0.2, 0.25) is 5.02 Å². The van der Waals surface area contributed by atoms with Crippen molar-refractivity contribution in [2.24, 2.45) is 0 Å². The molecule has 1 aliphatic heterocycles. The third kappa shape index (κ3) is 2.39. The van der Waals surface area contributed by atoms with Gasteiger partial charge >= 0.3 is 0 Å². The monoisotopic (exact) mass is 350 g/mol. The average Bonchev–Trinajstić information content (AvgIpc) is 2.61. The highest BCUT2D eigenvalue weighted by Crippen LogP contribution is 2.53. The maximum Gasteiger partial charge on any atom is 0.139 e. The van der Waals surface area contributed by atoms with E-state index in [9.17, 15) is 10.4 Å². The molecule has 116 valence electrons. The van der Waals surface area contributed by atoms with Crippen LogP contribution in [0.15, 0.2) is 70.5 Å². The van der Waals surface area contributed by atoms with Crippen LogP contribution in [0.1, 0.15) is 5.56 Å². The molecule has 24 heavy (non-hydrogen) atoms. The molecular formula is C19H11ClN2OS. The van der Waals surface area contributed by atoms with Gasteiger partial charge in [-0.2, -0.15) is 5.26 Å². The Balaban J connectivity index is 2.02. The molecule has 0 atom stereocenters. The first-order valence-electron chi connectivity index (χ1n) is 7.27. The number of phenols is 1. The summed E-state index contributed by atoms with van der Waals surface area (Å²) in [6.45, 7) is 0. The molecule has 0 aliphatic carbocycles. The summed E-state index contributed by atoms with van der Waals surface area (Å²) in [5.74, 6) is 0.134. The number of anilines is 3. The molecule has 1 heterocycles. The third-order valence-corrected chi connectivity index (χ3v) is 5.20. The number of nitriles is 1. The molecule has 1 aliphatic rings. The number of nitrogens with zero attached hydrogens (tertiary/aromatic N) is 2. The highest BCUT2D eigenvalue weighted by atomic mass is 35.5. The number of hydrogen-bond donors (Lipinski definition) is 1. The van der Waals surface area contributed by atoms with Crippen LogP contribution in [0.5, 0.6) is 5.75 Å². The van der Waals surface area contributed by atoms with Crippen LogP contribution in [-0.4, -0.2) is 5.11 Å². The number of phenolic OH excluding ortho intramolecular Hbond substituents is 1. The van der Waals surface area contributed by atoms with Gasteiger partial charge in [0.2, 0.25) is 0 Å². The van der Waals surface area contributed by atoms with Crippen molar-refractivity contribution >= 4 is 40.4 Å². The van der Waals surface area contributed by atoms with Gasteiger partial charge in [-0.05, 0) is 48.5 Å². The van der Waals surface area contributed by atoms with Crippen LogP contribution in [0.4, 0.5) is 17.1 Å². The van der Waals surface area contributed by atoms with Gasteiger partial charge in [0.25, 0.3) is 0 Å². The molecule has 5 heteroatoms. The largest absolute Gasteiger partial charge is 0.506 e. The zero-order valence-corrected chi connectivity index (χ0v) is 14.0. The van der Waals surface area contributed by atoms with Crippen molar-refractivity contribution in [3.8, 4) is 11.8 Å². The predicted octanol–water partition coefficient (Wildman–Crippen LogP) is 5.85. The van der Waals surface area contributed by atoms with Crippen LogP contribution >= 0.6 is 23.4 Å². The summed E-state index contributed by atoms with van der Waals surface area (Å²) in [7, 11) is 0. The van der Waals surface area contributed by atoms with E-state index in [1.165, 1.54) is 0 Å². The standard InChI is InChI=1S/C19H11ClN2OS/c20-13-6-7-17(23)15(10-13)22-14-3-1-2-4-18(14)24-19-8-5-12(11-21)9-16(19)22/h1-10,23H. The highest BCUT2D eigenvalue weighted by molar-refractivity contribution is 7.99. The van der Waals surface area contributed by atoms with Crippen molar-refractivity contribution in [3.63, 3.8) is 0 Å². The van der Waals surface area contributed by atoms with Gasteiger partial charge in [0.05, 0.1) is 28.7 Å². The molecule has 0 spiro atoms. The first-order valence-corrected chi connectivity index (χ1v) is 8.46. The molecule has 0 saturated heterocycles. The van der Waals surface area contributed by atoms with Crippen LogP contribution < -0.4 is 4.90 Å². The van der Waals surface area contributed by atoms with Gasteiger partial charge in [0, 0.05) is 14.8 Å². The van der Waals surface area contributed by atoms with Crippen LogP contribution in [0.25, 0.3) is 0 Å². The topological polar surface area (TPSA) is 47.3 Å². The molecular weight excluding hydrogens is 340 g/mol. The fourth-order valence-electron chi connectivity index (χ4n) is 2.76. The summed E-state index contributed by atoms with van der Waals surface area (Å²) in [6, 6.07) is 20.7. The van der Waals surface area contributed by atoms with Gasteiger partial charge in [0.1, 0.15) is 5.75 Å².